The summed E-state index contributed by atoms with van der Waals surface area (Å²) in [5, 5.41) is 5.96. The SMILES string of the molecule is C=C(C)c1ccccc1NC(=S)NC(=O)c1ccccc1. The molecule has 4 heteroatoms. The van der Waals surface area contributed by atoms with Crippen LogP contribution in [0.5, 0.6) is 0 Å². The zero-order valence-corrected chi connectivity index (χ0v) is 12.5. The predicted molar refractivity (Wildman–Crippen MR) is 91.3 cm³/mol. The van der Waals surface area contributed by atoms with Crippen LogP contribution in [-0.4, -0.2) is 11.0 Å². The molecule has 0 bridgehead atoms. The molecule has 0 fully saturated rings. The lowest BCUT2D eigenvalue weighted by molar-refractivity contribution is 0.0978. The Morgan fingerprint density at radius 1 is 1.05 bits per heavy atom. The Morgan fingerprint density at radius 2 is 1.67 bits per heavy atom. The van der Waals surface area contributed by atoms with E-state index in [0.717, 1.165) is 16.8 Å². The number of carbonyl (C=O) groups excluding carboxylic acids is 1. The van der Waals surface area contributed by atoms with E-state index in [1.807, 2.05) is 49.4 Å². The van der Waals surface area contributed by atoms with Crippen LogP contribution in [0.2, 0.25) is 0 Å². The topological polar surface area (TPSA) is 41.1 Å². The van der Waals surface area contributed by atoms with Crippen LogP contribution in [-0.2, 0) is 0 Å². The molecule has 0 heterocycles. The highest BCUT2D eigenvalue weighted by atomic mass is 32.1. The molecule has 0 aliphatic rings. The third-order valence-corrected chi connectivity index (χ3v) is 3.10. The van der Waals surface area contributed by atoms with Gasteiger partial charge in [0.05, 0.1) is 0 Å². The molecular weight excluding hydrogens is 280 g/mol. The fraction of sp³-hybridized carbons (Fsp3) is 0.0588. The lowest BCUT2D eigenvalue weighted by Crippen LogP contribution is -2.34. The van der Waals surface area contributed by atoms with Crippen LogP contribution in [0.4, 0.5) is 5.69 Å². The third kappa shape index (κ3) is 4.00. The van der Waals surface area contributed by atoms with Crippen LogP contribution in [0.15, 0.2) is 61.2 Å². The Morgan fingerprint density at radius 3 is 2.33 bits per heavy atom. The molecule has 106 valence electrons. The molecule has 0 aliphatic heterocycles. The highest BCUT2D eigenvalue weighted by Gasteiger charge is 2.09. The molecule has 2 N–H and O–H groups in total. The number of para-hydroxylation sites is 1. The number of benzene rings is 2. The zero-order chi connectivity index (χ0) is 15.2. The minimum absolute atomic E-state index is 0.235. The number of thiocarbonyl (C=S) groups is 1. The Labute approximate surface area is 129 Å². The molecule has 3 nitrogen and oxygen atoms in total. The van der Waals surface area contributed by atoms with Crippen molar-refractivity contribution in [2.24, 2.45) is 0 Å². The highest BCUT2D eigenvalue weighted by molar-refractivity contribution is 7.80. The van der Waals surface area contributed by atoms with Crippen molar-refractivity contribution in [3.63, 3.8) is 0 Å². The van der Waals surface area contributed by atoms with E-state index in [0.29, 0.717) is 5.56 Å². The summed E-state index contributed by atoms with van der Waals surface area (Å²) < 4.78 is 0. The van der Waals surface area contributed by atoms with Crippen LogP contribution >= 0.6 is 12.2 Å². The van der Waals surface area contributed by atoms with Crippen LogP contribution in [0.1, 0.15) is 22.8 Å². The molecule has 0 unspecified atom stereocenters. The van der Waals surface area contributed by atoms with Crippen LogP contribution in [0.3, 0.4) is 0 Å². The number of allylic oxidation sites excluding steroid dienone is 1. The van der Waals surface area contributed by atoms with Gasteiger partial charge in [0.2, 0.25) is 0 Å². The number of anilines is 1. The molecule has 0 spiro atoms. The second-order valence-corrected chi connectivity index (χ2v) is 5.01. The molecular formula is C17H16N2OS. The quantitative estimate of drug-likeness (QED) is 0.845. The van der Waals surface area contributed by atoms with E-state index in [-0.39, 0.29) is 11.0 Å². The van der Waals surface area contributed by atoms with Crippen molar-refractivity contribution in [1.29, 1.82) is 0 Å². The van der Waals surface area contributed by atoms with Gasteiger partial charge in [-0.1, -0.05) is 43.0 Å². The minimum Gasteiger partial charge on any atom is -0.332 e. The summed E-state index contributed by atoms with van der Waals surface area (Å²) in [4.78, 5) is 12.0. The smallest absolute Gasteiger partial charge is 0.257 e. The summed E-state index contributed by atoms with van der Waals surface area (Å²) in [7, 11) is 0. The third-order valence-electron chi connectivity index (χ3n) is 2.90. The lowest BCUT2D eigenvalue weighted by atomic mass is 10.1. The normalized spacial score (nSPS) is 9.76. The number of amides is 1. The van der Waals surface area contributed by atoms with Gasteiger partial charge < -0.3 is 5.32 Å². The zero-order valence-electron chi connectivity index (χ0n) is 11.7. The molecule has 2 rings (SSSR count). The molecule has 1 amide bonds. The van der Waals surface area contributed by atoms with Gasteiger partial charge in [-0.05, 0) is 42.9 Å². The van der Waals surface area contributed by atoms with E-state index in [1.165, 1.54) is 0 Å². The molecule has 0 aliphatic carbocycles. The number of nitrogens with one attached hydrogen (secondary N) is 2. The standard InChI is InChI=1S/C17H16N2OS/c1-12(2)14-10-6-7-11-15(14)18-17(21)19-16(20)13-8-4-3-5-9-13/h3-11H,1H2,2H3,(H2,18,19,20,21). The van der Waals surface area contributed by atoms with E-state index in [4.69, 9.17) is 12.2 Å². The molecule has 2 aromatic carbocycles. The average molecular weight is 296 g/mol. The monoisotopic (exact) mass is 296 g/mol. The predicted octanol–water partition coefficient (Wildman–Crippen LogP) is 3.85. The van der Waals surface area contributed by atoms with Gasteiger partial charge in [0.15, 0.2) is 5.11 Å². The van der Waals surface area contributed by atoms with Gasteiger partial charge >= 0.3 is 0 Å². The largest absolute Gasteiger partial charge is 0.332 e. The van der Waals surface area contributed by atoms with Gasteiger partial charge in [-0.2, -0.15) is 0 Å². The second kappa shape index (κ2) is 6.81. The molecule has 0 saturated carbocycles. The Kier molecular flexibility index (Phi) is 4.85. The summed E-state index contributed by atoms with van der Waals surface area (Å²) in [5.74, 6) is -0.235. The minimum atomic E-state index is -0.235. The van der Waals surface area contributed by atoms with E-state index in [9.17, 15) is 4.79 Å². The second-order valence-electron chi connectivity index (χ2n) is 4.60. The Hall–Kier alpha value is -2.46. The van der Waals surface area contributed by atoms with Crippen molar-refractivity contribution >= 4 is 34.5 Å². The lowest BCUT2D eigenvalue weighted by Gasteiger charge is -2.13. The van der Waals surface area contributed by atoms with E-state index >= 15 is 0 Å². The van der Waals surface area contributed by atoms with Gasteiger partial charge in [-0.3, -0.25) is 10.1 Å². The van der Waals surface area contributed by atoms with E-state index < -0.39 is 0 Å². The van der Waals surface area contributed by atoms with E-state index in [1.54, 1.807) is 12.1 Å². The summed E-state index contributed by atoms with van der Waals surface area (Å²) >= 11 is 5.19. The van der Waals surface area contributed by atoms with Crippen molar-refractivity contribution in [2.45, 2.75) is 6.92 Å². The fourth-order valence-corrected chi connectivity index (χ4v) is 2.09. The maximum Gasteiger partial charge on any atom is 0.257 e. The van der Waals surface area contributed by atoms with Crippen LogP contribution in [0, 0.1) is 0 Å². The van der Waals surface area contributed by atoms with Crippen LogP contribution < -0.4 is 10.6 Å². The Balaban J connectivity index is 2.06. The fourth-order valence-electron chi connectivity index (χ4n) is 1.88. The molecule has 21 heavy (non-hydrogen) atoms. The van der Waals surface area contributed by atoms with Crippen molar-refractivity contribution in [3.05, 3.63) is 72.3 Å². The highest BCUT2D eigenvalue weighted by Crippen LogP contribution is 2.21. The number of hydrogen-bond acceptors (Lipinski definition) is 2. The van der Waals surface area contributed by atoms with Gasteiger partial charge in [0.25, 0.3) is 5.91 Å². The van der Waals surface area contributed by atoms with Gasteiger partial charge in [0, 0.05) is 16.8 Å². The summed E-state index contributed by atoms with van der Waals surface area (Å²) in [6.07, 6.45) is 0. The first-order valence-electron chi connectivity index (χ1n) is 6.50. The van der Waals surface area contributed by atoms with Crippen molar-refractivity contribution < 1.29 is 4.79 Å². The number of rotatable bonds is 3. The van der Waals surface area contributed by atoms with Gasteiger partial charge in [-0.15, -0.1) is 0 Å². The molecule has 0 saturated heterocycles. The first-order valence-corrected chi connectivity index (χ1v) is 6.91. The Bertz CT molecular complexity index is 680. The number of carbonyl (C=O) groups is 1. The van der Waals surface area contributed by atoms with Gasteiger partial charge in [-0.25, -0.2) is 0 Å². The van der Waals surface area contributed by atoms with Crippen LogP contribution in [0.25, 0.3) is 5.57 Å². The van der Waals surface area contributed by atoms with Crippen molar-refractivity contribution in [2.75, 3.05) is 5.32 Å². The van der Waals surface area contributed by atoms with E-state index in [2.05, 4.69) is 17.2 Å². The van der Waals surface area contributed by atoms with Crippen molar-refractivity contribution in [1.82, 2.24) is 5.32 Å². The maximum absolute atomic E-state index is 12.0. The first kappa shape index (κ1) is 14.9. The molecule has 0 aromatic heterocycles. The molecule has 2 aromatic rings. The summed E-state index contributed by atoms with van der Waals surface area (Å²) in [6, 6.07) is 16.6. The summed E-state index contributed by atoms with van der Waals surface area (Å²) in [5.41, 5.74) is 3.28. The molecule has 0 radical (unpaired) electrons. The average Bonchev–Trinajstić information content (AvgIpc) is 2.48. The van der Waals surface area contributed by atoms with Crippen molar-refractivity contribution in [3.8, 4) is 0 Å². The first-order chi connectivity index (χ1) is 10.1. The number of hydrogen-bond donors (Lipinski definition) is 2. The summed E-state index contributed by atoms with van der Waals surface area (Å²) in [6.45, 7) is 5.85. The molecule has 0 atom stereocenters. The van der Waals surface area contributed by atoms with Gasteiger partial charge in [0.1, 0.15) is 0 Å². The maximum atomic E-state index is 12.0.